The molecule has 0 saturated heterocycles. The Morgan fingerprint density at radius 1 is 0.923 bits per heavy atom. The van der Waals surface area contributed by atoms with Crippen molar-refractivity contribution >= 4 is 22.7 Å². The number of nitrogens with two attached hydrogens (primary N) is 2. The van der Waals surface area contributed by atoms with Crippen molar-refractivity contribution in [3.8, 4) is 17.2 Å². The summed E-state index contributed by atoms with van der Waals surface area (Å²) in [5.74, 6) is 0.686. The summed E-state index contributed by atoms with van der Waals surface area (Å²) in [6.07, 6.45) is 1.84. The van der Waals surface area contributed by atoms with Crippen LogP contribution in [0.5, 0.6) is 0 Å². The smallest absolute Gasteiger partial charge is 0.159 e. The zero-order valence-corrected chi connectivity index (χ0v) is 13.7. The molecule has 0 aliphatic rings. The molecule has 0 fully saturated rings. The Morgan fingerprint density at radius 2 is 1.62 bits per heavy atom. The Balaban J connectivity index is 1.68. The zero-order chi connectivity index (χ0) is 18.3. The van der Waals surface area contributed by atoms with Crippen molar-refractivity contribution in [1.29, 1.82) is 10.8 Å². The first-order chi connectivity index (χ1) is 12.5. The van der Waals surface area contributed by atoms with Gasteiger partial charge in [-0.2, -0.15) is 5.10 Å². The second-order valence-corrected chi connectivity index (χ2v) is 5.84. The summed E-state index contributed by atoms with van der Waals surface area (Å²) in [6, 6.07) is 14.5. The number of fused-ring (bicyclic) bond motifs is 1. The van der Waals surface area contributed by atoms with Gasteiger partial charge in [-0.25, -0.2) is 9.67 Å². The summed E-state index contributed by atoms with van der Waals surface area (Å²) in [6.45, 7) is 0. The lowest BCUT2D eigenvalue weighted by Gasteiger charge is -2.02. The molecule has 8 heteroatoms. The largest absolute Gasteiger partial charge is 0.384 e. The maximum absolute atomic E-state index is 7.53. The topological polar surface area (TPSA) is 146 Å². The molecular weight excluding hydrogens is 328 g/mol. The zero-order valence-electron chi connectivity index (χ0n) is 13.7. The van der Waals surface area contributed by atoms with Crippen LogP contribution in [-0.4, -0.2) is 31.4 Å². The van der Waals surface area contributed by atoms with Crippen LogP contribution in [0.3, 0.4) is 0 Å². The molecule has 7 N–H and O–H groups in total. The lowest BCUT2D eigenvalue weighted by Crippen LogP contribution is -2.10. The molecule has 26 heavy (non-hydrogen) atoms. The molecule has 0 saturated carbocycles. The summed E-state index contributed by atoms with van der Waals surface area (Å²) in [5.41, 5.74) is 15.5. The van der Waals surface area contributed by atoms with Crippen LogP contribution in [0.1, 0.15) is 11.1 Å². The molecule has 0 amide bonds. The van der Waals surface area contributed by atoms with E-state index in [-0.39, 0.29) is 11.7 Å². The number of hydrogen-bond donors (Lipinski definition) is 5. The highest BCUT2D eigenvalue weighted by atomic mass is 15.3. The predicted octanol–water partition coefficient (Wildman–Crippen LogP) is 1.98. The van der Waals surface area contributed by atoms with Crippen LogP contribution in [-0.2, 0) is 0 Å². The van der Waals surface area contributed by atoms with Crippen LogP contribution in [0.15, 0.2) is 54.7 Å². The molecule has 2 aromatic carbocycles. The Bertz CT molecular complexity index is 1130. The van der Waals surface area contributed by atoms with Crippen LogP contribution < -0.4 is 11.5 Å². The molecule has 0 aliphatic heterocycles. The maximum Gasteiger partial charge on any atom is 0.159 e. The highest BCUT2D eigenvalue weighted by Gasteiger charge is 2.10. The fraction of sp³-hybridized carbons (Fsp3) is 0. The number of aromatic amines is 1. The third-order valence-corrected chi connectivity index (χ3v) is 4.07. The Labute approximate surface area is 148 Å². The van der Waals surface area contributed by atoms with Crippen LogP contribution >= 0.6 is 0 Å². The van der Waals surface area contributed by atoms with Gasteiger partial charge in [0.2, 0.25) is 0 Å². The van der Waals surface area contributed by atoms with Crippen LogP contribution in [0.2, 0.25) is 0 Å². The molecule has 128 valence electrons. The molecule has 8 nitrogen and oxygen atoms in total. The number of H-pyrrole nitrogens is 1. The summed E-state index contributed by atoms with van der Waals surface area (Å²) in [5, 5.41) is 19.5. The van der Waals surface area contributed by atoms with E-state index in [9.17, 15) is 0 Å². The van der Waals surface area contributed by atoms with Crippen molar-refractivity contribution in [2.75, 3.05) is 0 Å². The van der Waals surface area contributed by atoms with Gasteiger partial charge < -0.3 is 16.5 Å². The lowest BCUT2D eigenvalue weighted by atomic mass is 10.2. The molecule has 2 heterocycles. The van der Waals surface area contributed by atoms with Gasteiger partial charge in [0.1, 0.15) is 17.4 Å². The quantitative estimate of drug-likeness (QED) is 0.284. The Hall–Kier alpha value is -3.94. The van der Waals surface area contributed by atoms with Crippen molar-refractivity contribution in [1.82, 2.24) is 19.7 Å². The van der Waals surface area contributed by atoms with E-state index >= 15 is 0 Å². The number of hydrogen-bond acceptors (Lipinski definition) is 4. The lowest BCUT2D eigenvalue weighted by molar-refractivity contribution is 0.881. The minimum absolute atomic E-state index is 0.0151. The number of nitrogens with one attached hydrogen (secondary N) is 3. The van der Waals surface area contributed by atoms with Crippen LogP contribution in [0.25, 0.3) is 28.2 Å². The highest BCUT2D eigenvalue weighted by molar-refractivity contribution is 5.98. The first kappa shape index (κ1) is 15.6. The van der Waals surface area contributed by atoms with Gasteiger partial charge in [0.25, 0.3) is 0 Å². The third-order valence-electron chi connectivity index (χ3n) is 4.07. The number of aromatic nitrogens is 4. The van der Waals surface area contributed by atoms with Gasteiger partial charge in [-0.05, 0) is 48.5 Å². The number of rotatable bonds is 4. The van der Waals surface area contributed by atoms with Crippen molar-refractivity contribution in [2.45, 2.75) is 0 Å². The monoisotopic (exact) mass is 344 g/mol. The molecule has 0 bridgehead atoms. The van der Waals surface area contributed by atoms with E-state index in [4.69, 9.17) is 22.3 Å². The summed E-state index contributed by atoms with van der Waals surface area (Å²) in [7, 11) is 0. The van der Waals surface area contributed by atoms with Crippen LogP contribution in [0.4, 0.5) is 0 Å². The Morgan fingerprint density at radius 3 is 2.31 bits per heavy atom. The number of amidine groups is 2. The molecule has 2 aromatic heterocycles. The summed E-state index contributed by atoms with van der Waals surface area (Å²) in [4.78, 5) is 7.75. The predicted molar refractivity (Wildman–Crippen MR) is 101 cm³/mol. The van der Waals surface area contributed by atoms with E-state index < -0.39 is 0 Å². The molecule has 0 unspecified atom stereocenters. The van der Waals surface area contributed by atoms with Gasteiger partial charge in [0.05, 0.1) is 16.7 Å². The molecule has 0 aliphatic carbocycles. The Kier molecular flexibility index (Phi) is 3.51. The van der Waals surface area contributed by atoms with Crippen molar-refractivity contribution in [2.24, 2.45) is 11.5 Å². The normalized spacial score (nSPS) is 10.9. The number of nitrogen functional groups attached to an aromatic ring is 2. The minimum Gasteiger partial charge on any atom is -0.384 e. The number of imidazole rings is 1. The van der Waals surface area contributed by atoms with E-state index in [1.807, 2.05) is 30.5 Å². The fourth-order valence-corrected chi connectivity index (χ4v) is 2.69. The first-order valence-electron chi connectivity index (χ1n) is 7.86. The summed E-state index contributed by atoms with van der Waals surface area (Å²) < 4.78 is 1.73. The van der Waals surface area contributed by atoms with E-state index in [1.54, 1.807) is 28.9 Å². The van der Waals surface area contributed by atoms with Gasteiger partial charge in [0.15, 0.2) is 5.82 Å². The molecular formula is C18H16N8. The molecule has 4 rings (SSSR count). The van der Waals surface area contributed by atoms with Crippen molar-refractivity contribution in [3.05, 3.63) is 65.9 Å². The average Bonchev–Trinajstić information content (AvgIpc) is 3.27. The van der Waals surface area contributed by atoms with Crippen molar-refractivity contribution < 1.29 is 0 Å². The fourth-order valence-electron chi connectivity index (χ4n) is 2.69. The second kappa shape index (κ2) is 5.85. The van der Waals surface area contributed by atoms with E-state index in [2.05, 4.69) is 15.1 Å². The third kappa shape index (κ3) is 2.69. The highest BCUT2D eigenvalue weighted by Crippen LogP contribution is 2.21. The van der Waals surface area contributed by atoms with E-state index in [1.165, 1.54) is 0 Å². The van der Waals surface area contributed by atoms with Gasteiger partial charge in [-0.1, -0.05) is 0 Å². The number of nitrogens with zero attached hydrogens (tertiary/aromatic N) is 3. The minimum atomic E-state index is 0.0151. The molecule has 0 atom stereocenters. The standard InChI is InChI=1S/C18H16N8/c19-16(20)10-1-4-12(5-2-10)26-8-7-14(25-26)18-23-13-6-3-11(17(21)22)9-15(13)24-18/h1-9H,(H3,19,20)(H3,21,22)(H,23,24). The van der Waals surface area contributed by atoms with E-state index in [0.29, 0.717) is 22.6 Å². The average molecular weight is 344 g/mol. The number of benzene rings is 2. The van der Waals surface area contributed by atoms with E-state index in [0.717, 1.165) is 16.7 Å². The first-order valence-corrected chi connectivity index (χ1v) is 7.86. The maximum atomic E-state index is 7.53. The summed E-state index contributed by atoms with van der Waals surface area (Å²) >= 11 is 0. The van der Waals surface area contributed by atoms with Gasteiger partial charge in [0, 0.05) is 17.3 Å². The second-order valence-electron chi connectivity index (χ2n) is 5.84. The van der Waals surface area contributed by atoms with Gasteiger partial charge >= 0.3 is 0 Å². The molecule has 0 radical (unpaired) electrons. The van der Waals surface area contributed by atoms with Crippen molar-refractivity contribution in [3.63, 3.8) is 0 Å². The molecule has 4 aromatic rings. The van der Waals surface area contributed by atoms with Gasteiger partial charge in [-0.15, -0.1) is 0 Å². The SMILES string of the molecule is N=C(N)c1ccc(-n2ccc(-c3nc4ccc(C(=N)N)cc4[nH]3)n2)cc1. The van der Waals surface area contributed by atoms with Crippen LogP contribution in [0, 0.1) is 10.8 Å². The molecule has 0 spiro atoms. The van der Waals surface area contributed by atoms with Gasteiger partial charge in [-0.3, -0.25) is 10.8 Å².